The highest BCUT2D eigenvalue weighted by Crippen LogP contribution is 2.27. The standard InChI is InChI=1S/C19H21ClN4O2/c1-26-11-17-4-5-24(17)18(25)14-9-21-19(22-10-14)23-16-7-12-2-3-15(20)6-13(12)8-16/h2-3,6,9-10,16-17H,4-5,7-8,11H2,1H3,(H,21,22,23)/t16?,17-/m0/s1. The minimum Gasteiger partial charge on any atom is -0.383 e. The highest BCUT2D eigenvalue weighted by Gasteiger charge is 2.33. The molecule has 2 atom stereocenters. The van der Waals surface area contributed by atoms with Gasteiger partial charge in [0.05, 0.1) is 18.2 Å². The molecule has 0 spiro atoms. The molecule has 0 bridgehead atoms. The van der Waals surface area contributed by atoms with Gasteiger partial charge < -0.3 is 15.0 Å². The Bertz CT molecular complexity index is 812. The Kier molecular flexibility index (Phi) is 4.78. The molecule has 1 unspecified atom stereocenters. The number of rotatable bonds is 5. The molecule has 1 aromatic heterocycles. The van der Waals surface area contributed by atoms with Crippen LogP contribution in [0.2, 0.25) is 5.02 Å². The quantitative estimate of drug-likeness (QED) is 0.873. The monoisotopic (exact) mass is 372 g/mol. The maximum Gasteiger partial charge on any atom is 0.257 e. The fourth-order valence-corrected chi connectivity index (χ4v) is 3.82. The Balaban J connectivity index is 1.37. The van der Waals surface area contributed by atoms with Crippen LogP contribution in [0.4, 0.5) is 5.95 Å². The smallest absolute Gasteiger partial charge is 0.257 e. The summed E-state index contributed by atoms with van der Waals surface area (Å²) < 4.78 is 5.15. The van der Waals surface area contributed by atoms with Crippen LogP contribution in [0.25, 0.3) is 0 Å². The molecule has 0 radical (unpaired) electrons. The first-order valence-corrected chi connectivity index (χ1v) is 9.17. The molecule has 26 heavy (non-hydrogen) atoms. The van der Waals surface area contributed by atoms with Crippen molar-refractivity contribution in [2.75, 3.05) is 25.6 Å². The van der Waals surface area contributed by atoms with Crippen LogP contribution in [0.1, 0.15) is 27.9 Å². The number of benzene rings is 1. The van der Waals surface area contributed by atoms with E-state index in [0.717, 1.165) is 30.8 Å². The van der Waals surface area contributed by atoms with Crippen LogP contribution in [-0.4, -0.2) is 53.1 Å². The minimum atomic E-state index is -0.0345. The normalized spacial score (nSPS) is 21.2. The predicted molar refractivity (Wildman–Crippen MR) is 99.6 cm³/mol. The van der Waals surface area contributed by atoms with Gasteiger partial charge >= 0.3 is 0 Å². The zero-order valence-corrected chi connectivity index (χ0v) is 15.4. The number of halogens is 1. The molecule has 6 nitrogen and oxygen atoms in total. The van der Waals surface area contributed by atoms with E-state index in [0.29, 0.717) is 18.1 Å². The Morgan fingerprint density at radius 2 is 2.08 bits per heavy atom. The van der Waals surface area contributed by atoms with Gasteiger partial charge in [-0.05, 0) is 42.5 Å². The van der Waals surface area contributed by atoms with Gasteiger partial charge in [-0.25, -0.2) is 9.97 Å². The number of ether oxygens (including phenoxy) is 1. The fraction of sp³-hybridized carbons (Fsp3) is 0.421. The third kappa shape index (κ3) is 3.39. The number of methoxy groups -OCH3 is 1. The van der Waals surface area contributed by atoms with E-state index in [9.17, 15) is 4.79 Å². The third-order valence-electron chi connectivity index (χ3n) is 5.10. The number of nitrogens with zero attached hydrogens (tertiary/aromatic N) is 3. The summed E-state index contributed by atoms with van der Waals surface area (Å²) >= 11 is 6.06. The fourth-order valence-electron chi connectivity index (χ4n) is 3.62. The molecule has 1 N–H and O–H groups in total. The van der Waals surface area contributed by atoms with E-state index in [1.54, 1.807) is 19.5 Å². The summed E-state index contributed by atoms with van der Waals surface area (Å²) in [4.78, 5) is 23.0. The topological polar surface area (TPSA) is 67.3 Å². The number of amides is 1. The molecule has 1 amide bonds. The Morgan fingerprint density at radius 1 is 1.31 bits per heavy atom. The van der Waals surface area contributed by atoms with Crippen molar-refractivity contribution in [3.8, 4) is 0 Å². The highest BCUT2D eigenvalue weighted by molar-refractivity contribution is 6.30. The van der Waals surface area contributed by atoms with Crippen molar-refractivity contribution in [3.05, 3.63) is 52.3 Å². The average molecular weight is 373 g/mol. The van der Waals surface area contributed by atoms with Gasteiger partial charge in [0.1, 0.15) is 0 Å². The molecule has 7 heteroatoms. The third-order valence-corrected chi connectivity index (χ3v) is 5.33. The van der Waals surface area contributed by atoms with Crippen molar-refractivity contribution in [3.63, 3.8) is 0 Å². The van der Waals surface area contributed by atoms with Gasteiger partial charge in [-0.3, -0.25) is 4.79 Å². The predicted octanol–water partition coefficient (Wildman–Crippen LogP) is 2.57. The number of anilines is 1. The average Bonchev–Trinajstić information content (AvgIpc) is 3.00. The molecule has 2 heterocycles. The lowest BCUT2D eigenvalue weighted by molar-refractivity contribution is 0.0201. The second kappa shape index (κ2) is 7.21. The van der Waals surface area contributed by atoms with Crippen molar-refractivity contribution in [1.82, 2.24) is 14.9 Å². The molecule has 1 aliphatic heterocycles. The van der Waals surface area contributed by atoms with E-state index in [4.69, 9.17) is 16.3 Å². The zero-order valence-electron chi connectivity index (χ0n) is 14.6. The molecular weight excluding hydrogens is 352 g/mol. The van der Waals surface area contributed by atoms with Gasteiger partial charge in [-0.15, -0.1) is 0 Å². The number of fused-ring (bicyclic) bond motifs is 1. The molecule has 0 saturated carbocycles. The number of hydrogen-bond acceptors (Lipinski definition) is 5. The summed E-state index contributed by atoms with van der Waals surface area (Å²) in [7, 11) is 1.65. The second-order valence-corrected chi connectivity index (χ2v) is 7.29. The van der Waals surface area contributed by atoms with Crippen LogP contribution in [0, 0.1) is 0 Å². The van der Waals surface area contributed by atoms with E-state index in [1.807, 2.05) is 17.0 Å². The van der Waals surface area contributed by atoms with Crippen molar-refractivity contribution < 1.29 is 9.53 Å². The van der Waals surface area contributed by atoms with Crippen molar-refractivity contribution in [2.45, 2.75) is 31.3 Å². The van der Waals surface area contributed by atoms with Crippen molar-refractivity contribution >= 4 is 23.5 Å². The van der Waals surface area contributed by atoms with E-state index < -0.39 is 0 Å². The Hall–Kier alpha value is -2.18. The molecular formula is C19H21ClN4O2. The summed E-state index contributed by atoms with van der Waals surface area (Å²) in [6, 6.07) is 6.42. The maximum absolute atomic E-state index is 12.5. The summed E-state index contributed by atoms with van der Waals surface area (Å²) in [6.45, 7) is 1.33. The van der Waals surface area contributed by atoms with Crippen LogP contribution < -0.4 is 5.32 Å². The lowest BCUT2D eigenvalue weighted by Crippen LogP contribution is -2.53. The SMILES string of the molecule is COC[C@@H]1CCN1C(=O)c1cnc(NC2Cc3ccc(Cl)cc3C2)nc1. The molecule has 1 aliphatic carbocycles. The van der Waals surface area contributed by atoms with Gasteiger partial charge in [0.25, 0.3) is 5.91 Å². The van der Waals surface area contributed by atoms with Crippen molar-refractivity contribution in [2.24, 2.45) is 0 Å². The summed E-state index contributed by atoms with van der Waals surface area (Å²) in [6.07, 6.45) is 5.99. The number of nitrogens with one attached hydrogen (secondary N) is 1. The summed E-state index contributed by atoms with van der Waals surface area (Å²) in [5.74, 6) is 0.510. The molecule has 2 aromatic rings. The second-order valence-electron chi connectivity index (χ2n) is 6.85. The first-order valence-electron chi connectivity index (χ1n) is 8.80. The molecule has 1 saturated heterocycles. The lowest BCUT2D eigenvalue weighted by Gasteiger charge is -2.40. The number of carbonyl (C=O) groups is 1. The molecule has 1 fully saturated rings. The van der Waals surface area contributed by atoms with Crippen LogP contribution in [0.5, 0.6) is 0 Å². The number of carbonyl (C=O) groups excluding carboxylic acids is 1. The molecule has 136 valence electrons. The van der Waals surface area contributed by atoms with Crippen LogP contribution in [0.3, 0.4) is 0 Å². The van der Waals surface area contributed by atoms with Crippen LogP contribution in [0.15, 0.2) is 30.6 Å². The first kappa shape index (κ1) is 17.2. The molecule has 4 rings (SSSR count). The molecule has 1 aromatic carbocycles. The first-order chi connectivity index (χ1) is 12.6. The van der Waals surface area contributed by atoms with Crippen molar-refractivity contribution in [1.29, 1.82) is 0 Å². The van der Waals surface area contributed by atoms with Gasteiger partial charge in [-0.2, -0.15) is 0 Å². The van der Waals surface area contributed by atoms with Gasteiger partial charge in [0.15, 0.2) is 0 Å². The highest BCUT2D eigenvalue weighted by atomic mass is 35.5. The van der Waals surface area contributed by atoms with E-state index >= 15 is 0 Å². The van der Waals surface area contributed by atoms with Gasteiger partial charge in [0.2, 0.25) is 5.95 Å². The van der Waals surface area contributed by atoms with E-state index in [-0.39, 0.29) is 18.0 Å². The van der Waals surface area contributed by atoms with E-state index in [2.05, 4.69) is 21.4 Å². The van der Waals surface area contributed by atoms with Crippen LogP contribution in [-0.2, 0) is 17.6 Å². The zero-order chi connectivity index (χ0) is 18.1. The lowest BCUT2D eigenvalue weighted by atomic mass is 10.0. The number of likely N-dealkylation sites (tertiary alicyclic amines) is 1. The van der Waals surface area contributed by atoms with Crippen LogP contribution >= 0.6 is 11.6 Å². The Labute approximate surface area is 157 Å². The minimum absolute atomic E-state index is 0.0345. The largest absolute Gasteiger partial charge is 0.383 e. The summed E-state index contributed by atoms with van der Waals surface area (Å²) in [5.41, 5.74) is 3.09. The maximum atomic E-state index is 12.5. The number of aromatic nitrogens is 2. The Morgan fingerprint density at radius 3 is 2.77 bits per heavy atom. The van der Waals surface area contributed by atoms with E-state index in [1.165, 1.54) is 11.1 Å². The van der Waals surface area contributed by atoms with Gasteiger partial charge in [-0.1, -0.05) is 17.7 Å². The van der Waals surface area contributed by atoms with Gasteiger partial charge in [0, 0.05) is 37.1 Å². The molecule has 2 aliphatic rings. The number of hydrogen-bond donors (Lipinski definition) is 1. The summed E-state index contributed by atoms with van der Waals surface area (Å²) in [5, 5.41) is 4.11.